The Morgan fingerprint density at radius 2 is 2.39 bits per heavy atom. The van der Waals surface area contributed by atoms with E-state index >= 15 is 0 Å². The summed E-state index contributed by atoms with van der Waals surface area (Å²) in [6.45, 7) is 5.47. The minimum Gasteiger partial charge on any atom is -0.491 e. The van der Waals surface area contributed by atoms with Crippen LogP contribution in [-0.2, 0) is 13.0 Å². The van der Waals surface area contributed by atoms with Gasteiger partial charge in [-0.3, -0.25) is 4.68 Å². The summed E-state index contributed by atoms with van der Waals surface area (Å²) >= 11 is 1.75. The predicted octanol–water partition coefficient (Wildman–Crippen LogP) is 2.18. The zero-order chi connectivity index (χ0) is 12.6. The highest BCUT2D eigenvalue weighted by atomic mass is 32.1. The van der Waals surface area contributed by atoms with Crippen LogP contribution in [0.5, 0.6) is 5.75 Å². The molecule has 0 atom stereocenters. The van der Waals surface area contributed by atoms with E-state index in [9.17, 15) is 0 Å². The van der Waals surface area contributed by atoms with E-state index in [1.165, 1.54) is 5.56 Å². The number of thiophene rings is 1. The van der Waals surface area contributed by atoms with Crippen molar-refractivity contribution in [2.75, 3.05) is 19.7 Å². The van der Waals surface area contributed by atoms with Gasteiger partial charge in [0.2, 0.25) is 0 Å². The molecular weight excluding hydrogens is 246 g/mol. The molecule has 98 valence electrons. The van der Waals surface area contributed by atoms with Crippen LogP contribution in [0.15, 0.2) is 29.2 Å². The van der Waals surface area contributed by atoms with E-state index in [1.54, 1.807) is 17.5 Å². The second-order valence-corrected chi connectivity index (χ2v) is 4.78. The van der Waals surface area contributed by atoms with Crippen LogP contribution < -0.4 is 10.1 Å². The van der Waals surface area contributed by atoms with Gasteiger partial charge >= 0.3 is 0 Å². The molecule has 0 aromatic carbocycles. The molecule has 0 aliphatic rings. The normalized spacial score (nSPS) is 10.7. The summed E-state index contributed by atoms with van der Waals surface area (Å²) in [4.78, 5) is 0. The van der Waals surface area contributed by atoms with Crippen LogP contribution in [-0.4, -0.2) is 29.5 Å². The van der Waals surface area contributed by atoms with Crippen LogP contribution in [0.1, 0.15) is 12.5 Å². The van der Waals surface area contributed by atoms with Gasteiger partial charge in [0, 0.05) is 6.54 Å². The molecule has 1 N–H and O–H groups in total. The van der Waals surface area contributed by atoms with E-state index in [4.69, 9.17) is 4.74 Å². The fourth-order valence-electron chi connectivity index (χ4n) is 1.69. The third-order valence-corrected chi connectivity index (χ3v) is 3.34. The van der Waals surface area contributed by atoms with Crippen LogP contribution in [0.3, 0.4) is 0 Å². The molecule has 4 nitrogen and oxygen atoms in total. The Kier molecular flexibility index (Phi) is 5.23. The van der Waals surface area contributed by atoms with E-state index in [1.807, 2.05) is 17.8 Å². The van der Waals surface area contributed by atoms with Crippen molar-refractivity contribution < 1.29 is 4.74 Å². The van der Waals surface area contributed by atoms with Crippen molar-refractivity contribution >= 4 is 11.3 Å². The lowest BCUT2D eigenvalue weighted by Gasteiger charge is -2.04. The topological polar surface area (TPSA) is 39.1 Å². The Bertz CT molecular complexity index is 439. The highest BCUT2D eigenvalue weighted by Crippen LogP contribution is 2.07. The maximum absolute atomic E-state index is 5.36. The molecule has 18 heavy (non-hydrogen) atoms. The van der Waals surface area contributed by atoms with E-state index in [2.05, 4.69) is 27.2 Å². The molecule has 2 rings (SSSR count). The lowest BCUT2D eigenvalue weighted by molar-refractivity contribution is 0.339. The SMILES string of the molecule is CCOc1cnn(CCNCCc2ccsc2)c1. The molecule has 0 amide bonds. The number of rotatable bonds is 8. The van der Waals surface area contributed by atoms with Gasteiger partial charge in [-0.1, -0.05) is 0 Å². The van der Waals surface area contributed by atoms with Crippen molar-refractivity contribution in [3.63, 3.8) is 0 Å². The minimum absolute atomic E-state index is 0.685. The van der Waals surface area contributed by atoms with Crippen LogP contribution in [0, 0.1) is 0 Å². The van der Waals surface area contributed by atoms with E-state index in [0.29, 0.717) is 6.61 Å². The highest BCUT2D eigenvalue weighted by molar-refractivity contribution is 7.07. The molecule has 0 unspecified atom stereocenters. The van der Waals surface area contributed by atoms with Crippen molar-refractivity contribution in [1.82, 2.24) is 15.1 Å². The van der Waals surface area contributed by atoms with Gasteiger partial charge in [0.25, 0.3) is 0 Å². The summed E-state index contributed by atoms with van der Waals surface area (Å²) in [5.74, 6) is 0.843. The number of ether oxygens (including phenoxy) is 1. The van der Waals surface area contributed by atoms with Crippen molar-refractivity contribution in [1.29, 1.82) is 0 Å². The molecule has 0 saturated heterocycles. The van der Waals surface area contributed by atoms with Gasteiger partial charge in [0.15, 0.2) is 5.75 Å². The zero-order valence-electron chi connectivity index (χ0n) is 10.6. The maximum Gasteiger partial charge on any atom is 0.157 e. The molecule has 0 radical (unpaired) electrons. The second-order valence-electron chi connectivity index (χ2n) is 4.00. The van der Waals surface area contributed by atoms with Gasteiger partial charge in [0.1, 0.15) is 0 Å². The molecule has 2 aromatic rings. The molecular formula is C13H19N3OS. The molecule has 2 aromatic heterocycles. The van der Waals surface area contributed by atoms with Crippen molar-refractivity contribution in [2.24, 2.45) is 0 Å². The van der Waals surface area contributed by atoms with Gasteiger partial charge < -0.3 is 10.1 Å². The molecule has 0 bridgehead atoms. The van der Waals surface area contributed by atoms with Crippen LogP contribution in [0.4, 0.5) is 0 Å². The molecule has 0 saturated carbocycles. The third-order valence-electron chi connectivity index (χ3n) is 2.61. The molecule has 0 spiro atoms. The van der Waals surface area contributed by atoms with Crippen molar-refractivity contribution in [2.45, 2.75) is 19.9 Å². The summed E-state index contributed by atoms with van der Waals surface area (Å²) in [7, 11) is 0. The molecule has 5 heteroatoms. The first-order chi connectivity index (χ1) is 8.88. The van der Waals surface area contributed by atoms with E-state index in [-0.39, 0.29) is 0 Å². The van der Waals surface area contributed by atoms with Gasteiger partial charge in [-0.25, -0.2) is 0 Å². The summed E-state index contributed by atoms with van der Waals surface area (Å²) in [6.07, 6.45) is 4.78. The Morgan fingerprint density at radius 1 is 1.44 bits per heavy atom. The highest BCUT2D eigenvalue weighted by Gasteiger charge is 1.98. The van der Waals surface area contributed by atoms with Crippen LogP contribution in [0.25, 0.3) is 0 Å². The van der Waals surface area contributed by atoms with Crippen LogP contribution in [0.2, 0.25) is 0 Å². The lowest BCUT2D eigenvalue weighted by Crippen LogP contribution is -2.22. The average molecular weight is 265 g/mol. The Hall–Kier alpha value is -1.33. The van der Waals surface area contributed by atoms with Gasteiger partial charge in [-0.15, -0.1) is 0 Å². The molecule has 0 fully saturated rings. The van der Waals surface area contributed by atoms with Crippen LogP contribution >= 0.6 is 11.3 Å². The number of hydrogen-bond donors (Lipinski definition) is 1. The second kappa shape index (κ2) is 7.18. The maximum atomic E-state index is 5.36. The van der Waals surface area contributed by atoms with Crippen molar-refractivity contribution in [3.8, 4) is 5.75 Å². The third kappa shape index (κ3) is 4.16. The molecule has 2 heterocycles. The van der Waals surface area contributed by atoms with E-state index in [0.717, 1.165) is 31.8 Å². The fraction of sp³-hybridized carbons (Fsp3) is 0.462. The quantitative estimate of drug-likeness (QED) is 0.744. The smallest absolute Gasteiger partial charge is 0.157 e. The zero-order valence-corrected chi connectivity index (χ0v) is 11.4. The summed E-state index contributed by atoms with van der Waals surface area (Å²) in [5, 5.41) is 12.0. The van der Waals surface area contributed by atoms with E-state index < -0.39 is 0 Å². The standard InChI is InChI=1S/C13H19N3OS/c1-2-17-13-9-15-16(10-13)7-6-14-5-3-12-4-8-18-11-12/h4,8-11,14H,2-3,5-7H2,1H3. The Labute approximate surface area is 112 Å². The first-order valence-electron chi connectivity index (χ1n) is 6.25. The summed E-state index contributed by atoms with van der Waals surface area (Å²) < 4.78 is 7.27. The first-order valence-corrected chi connectivity index (χ1v) is 7.20. The van der Waals surface area contributed by atoms with Gasteiger partial charge in [-0.05, 0) is 42.3 Å². The Morgan fingerprint density at radius 3 is 3.17 bits per heavy atom. The number of nitrogens with one attached hydrogen (secondary N) is 1. The molecule has 0 aliphatic heterocycles. The molecule has 0 aliphatic carbocycles. The first kappa shape index (κ1) is 13.1. The number of aromatic nitrogens is 2. The largest absolute Gasteiger partial charge is 0.491 e. The van der Waals surface area contributed by atoms with Gasteiger partial charge in [-0.2, -0.15) is 16.4 Å². The number of nitrogens with zero attached hydrogens (tertiary/aromatic N) is 2. The summed E-state index contributed by atoms with van der Waals surface area (Å²) in [5.41, 5.74) is 1.41. The van der Waals surface area contributed by atoms with Gasteiger partial charge in [0.05, 0.1) is 25.5 Å². The average Bonchev–Trinajstić information content (AvgIpc) is 3.01. The fourth-order valence-corrected chi connectivity index (χ4v) is 2.40. The summed E-state index contributed by atoms with van der Waals surface area (Å²) in [6, 6.07) is 2.17. The minimum atomic E-state index is 0.685. The Balaban J connectivity index is 1.59. The lowest BCUT2D eigenvalue weighted by atomic mass is 10.2. The van der Waals surface area contributed by atoms with Crippen molar-refractivity contribution in [3.05, 3.63) is 34.8 Å². The number of hydrogen-bond acceptors (Lipinski definition) is 4. The predicted molar refractivity (Wildman–Crippen MR) is 74.3 cm³/mol. The monoisotopic (exact) mass is 265 g/mol.